The smallest absolute Gasteiger partial charge is 0.268 e. The third-order valence-corrected chi connectivity index (χ3v) is 5.98. The van der Waals surface area contributed by atoms with Crippen LogP contribution < -0.4 is 16.0 Å². The van der Waals surface area contributed by atoms with E-state index in [0.717, 1.165) is 17.3 Å². The van der Waals surface area contributed by atoms with Gasteiger partial charge in [0, 0.05) is 23.4 Å². The molecule has 2 aliphatic heterocycles. The number of aromatic nitrogens is 1. The molecule has 4 rings (SSSR count). The molecule has 2 aromatic rings. The van der Waals surface area contributed by atoms with Crippen LogP contribution in [0.1, 0.15) is 43.6 Å². The molecule has 0 saturated carbocycles. The van der Waals surface area contributed by atoms with Gasteiger partial charge in [-0.3, -0.25) is 14.6 Å². The monoisotopic (exact) mass is 420 g/mol. The summed E-state index contributed by atoms with van der Waals surface area (Å²) < 4.78 is 0. The second-order valence-corrected chi connectivity index (χ2v) is 8.93. The van der Waals surface area contributed by atoms with Crippen molar-refractivity contribution in [3.05, 3.63) is 36.0 Å². The van der Waals surface area contributed by atoms with E-state index in [-0.39, 0.29) is 30.3 Å². The van der Waals surface area contributed by atoms with Crippen LogP contribution in [0.25, 0.3) is 10.9 Å². The summed E-state index contributed by atoms with van der Waals surface area (Å²) in [6.07, 6.45) is 1.82. The first-order chi connectivity index (χ1) is 14.9. The van der Waals surface area contributed by atoms with Crippen LogP contribution in [-0.2, 0) is 4.79 Å². The summed E-state index contributed by atoms with van der Waals surface area (Å²) in [7, 11) is 0. The highest BCUT2D eigenvalue weighted by molar-refractivity contribution is 6.01. The molecule has 0 aliphatic carbocycles. The van der Waals surface area contributed by atoms with Gasteiger partial charge in [0.2, 0.25) is 5.91 Å². The van der Waals surface area contributed by atoms with Gasteiger partial charge in [-0.1, -0.05) is 32.0 Å². The zero-order valence-electron chi connectivity index (χ0n) is 17.9. The molecule has 2 amide bonds. The molecular formula is C23H28N6O2. The van der Waals surface area contributed by atoms with Gasteiger partial charge >= 0.3 is 0 Å². The fourth-order valence-corrected chi connectivity index (χ4v) is 4.37. The van der Waals surface area contributed by atoms with Crippen molar-refractivity contribution >= 4 is 28.6 Å². The Morgan fingerprint density at radius 3 is 2.87 bits per heavy atom. The van der Waals surface area contributed by atoms with Gasteiger partial charge in [0.1, 0.15) is 17.1 Å². The molecule has 2 aliphatic rings. The fraction of sp³-hybridized carbons (Fsp3) is 0.478. The summed E-state index contributed by atoms with van der Waals surface area (Å²) in [5, 5.41) is 20.0. The number of amidine groups is 1. The number of carbonyl (C=O) groups is 2. The lowest BCUT2D eigenvalue weighted by atomic mass is 9.88. The number of aromatic amines is 1. The summed E-state index contributed by atoms with van der Waals surface area (Å²) in [5.41, 5.74) is 0.480. The van der Waals surface area contributed by atoms with E-state index in [1.165, 1.54) is 0 Å². The molecule has 4 N–H and O–H groups in total. The lowest BCUT2D eigenvalue weighted by Gasteiger charge is -2.27. The second kappa shape index (κ2) is 8.42. The lowest BCUT2D eigenvalue weighted by Crippen LogP contribution is -2.53. The molecule has 3 heterocycles. The number of rotatable bonds is 7. The molecule has 31 heavy (non-hydrogen) atoms. The van der Waals surface area contributed by atoms with Crippen LogP contribution in [0.15, 0.2) is 35.3 Å². The molecule has 3 unspecified atom stereocenters. The van der Waals surface area contributed by atoms with E-state index in [9.17, 15) is 14.9 Å². The summed E-state index contributed by atoms with van der Waals surface area (Å²) in [5.74, 6) is 0.520. The van der Waals surface area contributed by atoms with Gasteiger partial charge in [0.05, 0.1) is 18.7 Å². The van der Waals surface area contributed by atoms with Crippen molar-refractivity contribution in [1.29, 1.82) is 5.26 Å². The van der Waals surface area contributed by atoms with Crippen LogP contribution in [0, 0.1) is 23.2 Å². The van der Waals surface area contributed by atoms with Gasteiger partial charge in [0.15, 0.2) is 0 Å². The molecule has 1 saturated heterocycles. The number of hydrogen-bond acceptors (Lipinski definition) is 5. The van der Waals surface area contributed by atoms with Crippen molar-refractivity contribution in [2.75, 3.05) is 13.1 Å². The van der Waals surface area contributed by atoms with Crippen LogP contribution in [0.4, 0.5) is 0 Å². The molecule has 8 heteroatoms. The zero-order chi connectivity index (χ0) is 22.0. The predicted molar refractivity (Wildman–Crippen MR) is 119 cm³/mol. The molecular weight excluding hydrogens is 392 g/mol. The van der Waals surface area contributed by atoms with Gasteiger partial charge in [-0.2, -0.15) is 5.26 Å². The first-order valence-electron chi connectivity index (χ1n) is 10.8. The highest BCUT2D eigenvalue weighted by Gasteiger charge is 2.42. The summed E-state index contributed by atoms with van der Waals surface area (Å²) >= 11 is 0. The quantitative estimate of drug-likeness (QED) is 0.548. The third kappa shape index (κ3) is 4.41. The van der Waals surface area contributed by atoms with E-state index in [0.29, 0.717) is 36.8 Å². The molecule has 0 radical (unpaired) electrons. The first-order valence-corrected chi connectivity index (χ1v) is 10.8. The minimum atomic E-state index is -0.914. The van der Waals surface area contributed by atoms with Crippen molar-refractivity contribution < 1.29 is 9.59 Å². The van der Waals surface area contributed by atoms with Gasteiger partial charge < -0.3 is 20.9 Å². The normalized spacial score (nSPS) is 23.9. The van der Waals surface area contributed by atoms with Crippen molar-refractivity contribution in [2.24, 2.45) is 16.8 Å². The number of hydrogen-bond donors (Lipinski definition) is 4. The van der Waals surface area contributed by atoms with Crippen molar-refractivity contribution in [3.63, 3.8) is 0 Å². The number of nitrogens with zero attached hydrogens (tertiary/aromatic N) is 2. The Kier molecular flexibility index (Phi) is 5.68. The van der Waals surface area contributed by atoms with E-state index in [2.05, 4.69) is 45.8 Å². The highest BCUT2D eigenvalue weighted by Crippen LogP contribution is 2.27. The van der Waals surface area contributed by atoms with E-state index in [4.69, 9.17) is 0 Å². The maximum Gasteiger partial charge on any atom is 0.268 e. The highest BCUT2D eigenvalue weighted by atomic mass is 16.2. The second-order valence-electron chi connectivity index (χ2n) is 8.93. The first kappa shape index (κ1) is 20.9. The Hall–Kier alpha value is -3.34. The van der Waals surface area contributed by atoms with Crippen molar-refractivity contribution in [2.45, 2.75) is 44.7 Å². The third-order valence-electron chi connectivity index (χ3n) is 5.98. The lowest BCUT2D eigenvalue weighted by molar-refractivity contribution is -0.122. The molecule has 3 atom stereocenters. The number of aliphatic imine (C=N–C) groups is 1. The Bertz CT molecular complexity index is 1030. The number of H-pyrrole nitrogens is 1. The molecule has 1 aromatic heterocycles. The number of nitrogens with one attached hydrogen (secondary N) is 4. The number of benzene rings is 1. The van der Waals surface area contributed by atoms with E-state index in [1.54, 1.807) is 0 Å². The summed E-state index contributed by atoms with van der Waals surface area (Å²) in [6.45, 7) is 5.09. The van der Waals surface area contributed by atoms with Crippen LogP contribution in [-0.4, -0.2) is 47.3 Å². The molecule has 0 bridgehead atoms. The number of nitriles is 1. The van der Waals surface area contributed by atoms with Crippen LogP contribution >= 0.6 is 0 Å². The maximum atomic E-state index is 13.0. The Balaban J connectivity index is 1.49. The largest absolute Gasteiger partial charge is 0.356 e. The molecule has 1 fully saturated rings. The van der Waals surface area contributed by atoms with Crippen LogP contribution in [0.2, 0.25) is 0 Å². The SMILES string of the molecule is CC(C)CC(NC(=O)c1cc2ccccc2[nH]1)C1=NCC(C#N)(CC2CCNC2=O)N1. The molecule has 1 aromatic carbocycles. The predicted octanol–water partition coefficient (Wildman–Crippen LogP) is 2.10. The van der Waals surface area contributed by atoms with Crippen molar-refractivity contribution in [3.8, 4) is 6.07 Å². The van der Waals surface area contributed by atoms with E-state index >= 15 is 0 Å². The molecule has 0 spiro atoms. The average molecular weight is 421 g/mol. The zero-order valence-corrected chi connectivity index (χ0v) is 17.9. The Morgan fingerprint density at radius 2 is 2.19 bits per heavy atom. The number of para-hydroxylation sites is 1. The summed E-state index contributed by atoms with van der Waals surface area (Å²) in [4.78, 5) is 32.7. The number of fused-ring (bicyclic) bond motifs is 1. The van der Waals surface area contributed by atoms with Gasteiger partial charge in [-0.15, -0.1) is 0 Å². The van der Waals surface area contributed by atoms with Crippen LogP contribution in [0.3, 0.4) is 0 Å². The van der Waals surface area contributed by atoms with Gasteiger partial charge in [0.25, 0.3) is 5.91 Å². The minimum Gasteiger partial charge on any atom is -0.356 e. The minimum absolute atomic E-state index is 0.00396. The van der Waals surface area contributed by atoms with E-state index in [1.807, 2.05) is 30.3 Å². The van der Waals surface area contributed by atoms with Gasteiger partial charge in [-0.05, 0) is 37.3 Å². The Morgan fingerprint density at radius 1 is 1.39 bits per heavy atom. The van der Waals surface area contributed by atoms with Crippen molar-refractivity contribution in [1.82, 2.24) is 20.9 Å². The van der Waals surface area contributed by atoms with E-state index < -0.39 is 5.54 Å². The fourth-order valence-electron chi connectivity index (χ4n) is 4.37. The Labute approximate surface area is 181 Å². The maximum absolute atomic E-state index is 13.0. The number of carbonyl (C=O) groups excluding carboxylic acids is 2. The average Bonchev–Trinajstić information content (AvgIpc) is 3.46. The topological polar surface area (TPSA) is 122 Å². The standard InChI is InChI=1S/C23H28N6O2/c1-14(2)9-18(28-22(31)19-10-15-5-3-4-6-17(15)27-19)20-26-13-23(12-24,29-20)11-16-7-8-25-21(16)30/h3-6,10,14,16,18,27H,7-9,11,13H2,1-2H3,(H,25,30)(H,26,29)(H,28,31). The summed E-state index contributed by atoms with van der Waals surface area (Å²) in [6, 6.07) is 11.6. The van der Waals surface area contributed by atoms with Crippen LogP contribution in [0.5, 0.6) is 0 Å². The molecule has 8 nitrogen and oxygen atoms in total. The van der Waals surface area contributed by atoms with Gasteiger partial charge in [-0.25, -0.2) is 0 Å². The number of amides is 2. The molecule has 162 valence electrons.